The Morgan fingerprint density at radius 2 is 1.48 bits per heavy atom. The van der Waals surface area contributed by atoms with Gasteiger partial charge >= 0.3 is 0 Å². The highest BCUT2D eigenvalue weighted by atomic mass is 16.5. The zero-order chi connectivity index (χ0) is 15.2. The molecule has 1 atom stereocenters. The van der Waals surface area contributed by atoms with Crippen LogP contribution in [0, 0.1) is 0 Å². The second kappa shape index (κ2) is 7.28. The van der Waals surface area contributed by atoms with Gasteiger partial charge in [-0.3, -0.25) is 0 Å². The van der Waals surface area contributed by atoms with Crippen molar-refractivity contribution in [2.75, 3.05) is 0 Å². The molecule has 0 spiro atoms. The van der Waals surface area contributed by atoms with Crippen LogP contribution in [0.25, 0.3) is 0 Å². The Morgan fingerprint density at radius 1 is 0.905 bits per heavy atom. The van der Waals surface area contributed by atoms with Gasteiger partial charge in [0.25, 0.3) is 0 Å². The highest BCUT2D eigenvalue weighted by Gasteiger charge is 2.04. The van der Waals surface area contributed by atoms with E-state index in [4.69, 9.17) is 4.74 Å². The summed E-state index contributed by atoms with van der Waals surface area (Å²) >= 11 is 0. The Kier molecular flexibility index (Phi) is 5.40. The van der Waals surface area contributed by atoms with Gasteiger partial charge in [-0.15, -0.1) is 0 Å². The number of hydrogen-bond donors (Lipinski definition) is 1. The summed E-state index contributed by atoms with van der Waals surface area (Å²) in [5, 5.41) is 9.76. The molecule has 0 amide bonds. The Hall–Kier alpha value is -1.80. The van der Waals surface area contributed by atoms with Crippen molar-refractivity contribution < 1.29 is 9.84 Å². The quantitative estimate of drug-likeness (QED) is 0.823. The van der Waals surface area contributed by atoms with Crippen LogP contribution < -0.4 is 4.74 Å². The predicted octanol–water partition coefficient (Wildman–Crippen LogP) is 4.83. The average molecular weight is 284 g/mol. The van der Waals surface area contributed by atoms with Crippen molar-refractivity contribution in [3.8, 4) is 5.75 Å². The van der Waals surface area contributed by atoms with E-state index in [1.54, 1.807) is 0 Å². The zero-order valence-corrected chi connectivity index (χ0v) is 13.0. The van der Waals surface area contributed by atoms with Crippen molar-refractivity contribution in [2.45, 2.75) is 45.8 Å². The van der Waals surface area contributed by atoms with Crippen molar-refractivity contribution in [1.29, 1.82) is 0 Å². The zero-order valence-electron chi connectivity index (χ0n) is 13.0. The third-order valence-electron chi connectivity index (χ3n) is 3.70. The number of aliphatic hydroxyl groups excluding tert-OH is 1. The maximum atomic E-state index is 9.76. The van der Waals surface area contributed by atoms with Gasteiger partial charge in [-0.1, -0.05) is 57.2 Å². The lowest BCUT2D eigenvalue weighted by molar-refractivity contribution is 0.173. The standard InChI is InChI=1S/C19H24O2/c1-4-19(20)17-9-11-18(12-10-17)21-13-15-5-7-16(8-6-15)14(2)3/h5-12,14,19-20H,4,13H2,1-3H3/t19-/m0/s1. The molecule has 112 valence electrons. The number of benzene rings is 2. The van der Waals surface area contributed by atoms with Crippen LogP contribution in [0.3, 0.4) is 0 Å². The van der Waals surface area contributed by atoms with Gasteiger partial charge < -0.3 is 9.84 Å². The van der Waals surface area contributed by atoms with Crippen LogP contribution in [0.1, 0.15) is 55.9 Å². The van der Waals surface area contributed by atoms with Crippen LogP contribution in [0.2, 0.25) is 0 Å². The summed E-state index contributed by atoms with van der Waals surface area (Å²) in [6, 6.07) is 16.2. The summed E-state index contributed by atoms with van der Waals surface area (Å²) in [5.41, 5.74) is 3.44. The summed E-state index contributed by atoms with van der Waals surface area (Å²) in [7, 11) is 0. The lowest BCUT2D eigenvalue weighted by Crippen LogP contribution is -1.98. The van der Waals surface area contributed by atoms with E-state index in [1.165, 1.54) is 5.56 Å². The van der Waals surface area contributed by atoms with E-state index in [2.05, 4.69) is 38.1 Å². The normalized spacial score (nSPS) is 12.4. The fraction of sp³-hybridized carbons (Fsp3) is 0.368. The molecule has 0 bridgehead atoms. The molecule has 0 radical (unpaired) electrons. The summed E-state index contributed by atoms with van der Waals surface area (Å²) < 4.78 is 5.78. The van der Waals surface area contributed by atoms with Crippen LogP contribution in [0.5, 0.6) is 5.75 Å². The summed E-state index contributed by atoms with van der Waals surface area (Å²) in [6.45, 7) is 6.92. The predicted molar refractivity (Wildman–Crippen MR) is 86.6 cm³/mol. The molecule has 2 nitrogen and oxygen atoms in total. The number of aliphatic hydroxyl groups is 1. The second-order valence-electron chi connectivity index (χ2n) is 5.68. The smallest absolute Gasteiger partial charge is 0.119 e. The molecule has 2 rings (SSSR count). The van der Waals surface area contributed by atoms with Crippen molar-refractivity contribution >= 4 is 0 Å². The Labute approximate surface area is 127 Å². The monoisotopic (exact) mass is 284 g/mol. The van der Waals surface area contributed by atoms with Crippen molar-refractivity contribution in [3.63, 3.8) is 0 Å². The van der Waals surface area contributed by atoms with Crippen LogP contribution in [0.4, 0.5) is 0 Å². The van der Waals surface area contributed by atoms with Crippen LogP contribution >= 0.6 is 0 Å². The van der Waals surface area contributed by atoms with Crippen LogP contribution in [-0.2, 0) is 6.61 Å². The Morgan fingerprint density at radius 3 is 2.00 bits per heavy atom. The molecule has 0 fully saturated rings. The van der Waals surface area contributed by atoms with Gasteiger partial charge in [0.15, 0.2) is 0 Å². The number of hydrogen-bond acceptors (Lipinski definition) is 2. The molecule has 0 aliphatic rings. The van der Waals surface area contributed by atoms with E-state index >= 15 is 0 Å². The van der Waals surface area contributed by atoms with Crippen molar-refractivity contribution in [3.05, 3.63) is 65.2 Å². The van der Waals surface area contributed by atoms with E-state index in [-0.39, 0.29) is 6.10 Å². The molecule has 2 aromatic rings. The van der Waals surface area contributed by atoms with Crippen molar-refractivity contribution in [1.82, 2.24) is 0 Å². The second-order valence-corrected chi connectivity index (χ2v) is 5.68. The fourth-order valence-corrected chi connectivity index (χ4v) is 2.19. The van der Waals surface area contributed by atoms with E-state index in [9.17, 15) is 5.11 Å². The molecule has 0 aliphatic carbocycles. The molecule has 0 aliphatic heterocycles. The minimum atomic E-state index is -0.386. The first kappa shape index (κ1) is 15.6. The first-order valence-electron chi connectivity index (χ1n) is 7.59. The van der Waals surface area contributed by atoms with Crippen molar-refractivity contribution in [2.24, 2.45) is 0 Å². The minimum Gasteiger partial charge on any atom is -0.489 e. The summed E-state index contributed by atoms with van der Waals surface area (Å²) in [6.07, 6.45) is 0.338. The van der Waals surface area contributed by atoms with E-state index in [0.29, 0.717) is 12.5 Å². The molecule has 21 heavy (non-hydrogen) atoms. The highest BCUT2D eigenvalue weighted by Crippen LogP contribution is 2.21. The van der Waals surface area contributed by atoms with Gasteiger partial charge in [0.05, 0.1) is 6.10 Å². The van der Waals surface area contributed by atoms with Crippen LogP contribution in [0.15, 0.2) is 48.5 Å². The molecular formula is C19H24O2. The number of ether oxygens (including phenoxy) is 1. The fourth-order valence-electron chi connectivity index (χ4n) is 2.19. The Balaban J connectivity index is 1.93. The average Bonchev–Trinajstić information content (AvgIpc) is 2.53. The molecule has 0 unspecified atom stereocenters. The van der Waals surface area contributed by atoms with Gasteiger partial charge in [0.1, 0.15) is 12.4 Å². The summed E-state index contributed by atoms with van der Waals surface area (Å²) in [5.74, 6) is 1.38. The SMILES string of the molecule is CC[C@H](O)c1ccc(OCc2ccc(C(C)C)cc2)cc1. The first-order chi connectivity index (χ1) is 10.1. The lowest BCUT2D eigenvalue weighted by Gasteiger charge is -2.11. The number of rotatable bonds is 6. The maximum Gasteiger partial charge on any atom is 0.119 e. The highest BCUT2D eigenvalue weighted by molar-refractivity contribution is 5.29. The van der Waals surface area contributed by atoms with Gasteiger partial charge in [-0.25, -0.2) is 0 Å². The molecule has 0 saturated heterocycles. The minimum absolute atomic E-state index is 0.386. The molecule has 2 heteroatoms. The molecule has 0 saturated carbocycles. The van der Waals surface area contributed by atoms with Gasteiger partial charge in [0, 0.05) is 0 Å². The van der Waals surface area contributed by atoms with E-state index < -0.39 is 0 Å². The van der Waals surface area contributed by atoms with E-state index in [1.807, 2.05) is 31.2 Å². The molecule has 0 aromatic heterocycles. The molecule has 0 heterocycles. The van der Waals surface area contributed by atoms with Gasteiger partial charge in [0.2, 0.25) is 0 Å². The Bertz CT molecular complexity index is 541. The topological polar surface area (TPSA) is 29.5 Å². The van der Waals surface area contributed by atoms with Crippen LogP contribution in [-0.4, -0.2) is 5.11 Å². The summed E-state index contributed by atoms with van der Waals surface area (Å²) in [4.78, 5) is 0. The molecule has 2 aromatic carbocycles. The lowest BCUT2D eigenvalue weighted by atomic mass is 10.0. The van der Waals surface area contributed by atoms with Gasteiger partial charge in [-0.2, -0.15) is 0 Å². The molecule has 1 N–H and O–H groups in total. The van der Waals surface area contributed by atoms with E-state index in [0.717, 1.165) is 23.3 Å². The van der Waals surface area contributed by atoms with Gasteiger partial charge in [-0.05, 0) is 41.2 Å². The molecular weight excluding hydrogens is 260 g/mol. The largest absolute Gasteiger partial charge is 0.489 e. The first-order valence-corrected chi connectivity index (χ1v) is 7.59. The third-order valence-corrected chi connectivity index (χ3v) is 3.70. The maximum absolute atomic E-state index is 9.76. The third kappa shape index (κ3) is 4.33.